The molecule has 0 aliphatic heterocycles. The van der Waals surface area contributed by atoms with E-state index in [4.69, 9.17) is 8.83 Å². The smallest absolute Gasteiger partial charge is 0.277 e. The van der Waals surface area contributed by atoms with Gasteiger partial charge < -0.3 is 14.2 Å². The van der Waals surface area contributed by atoms with Crippen molar-refractivity contribution in [2.75, 3.05) is 6.54 Å². The van der Waals surface area contributed by atoms with Crippen molar-refractivity contribution in [3.8, 4) is 11.5 Å². The Balaban J connectivity index is 2.06. The second-order valence-electron chi connectivity index (χ2n) is 3.92. The average Bonchev–Trinajstić information content (AvgIpc) is 2.98. The van der Waals surface area contributed by atoms with E-state index in [1.54, 1.807) is 19.3 Å². The largest absolute Gasteiger partial charge is 0.469 e. The van der Waals surface area contributed by atoms with Crippen LogP contribution in [0.25, 0.3) is 11.5 Å². The van der Waals surface area contributed by atoms with Crippen molar-refractivity contribution in [3.05, 3.63) is 18.1 Å². The molecule has 0 aliphatic rings. The number of thioether (sulfide) groups is 1. The Labute approximate surface area is 115 Å². The number of hydrogen-bond acceptors (Lipinski definition) is 6. The Hall–Kier alpha value is -1.76. The van der Waals surface area contributed by atoms with E-state index in [0.717, 1.165) is 11.3 Å². The first-order valence-corrected chi connectivity index (χ1v) is 6.82. The van der Waals surface area contributed by atoms with Crippen molar-refractivity contribution in [1.82, 2.24) is 15.5 Å². The zero-order chi connectivity index (χ0) is 13.8. The zero-order valence-corrected chi connectivity index (χ0v) is 11.8. The first-order valence-electron chi connectivity index (χ1n) is 5.94. The third-order valence-corrected chi connectivity index (χ3v) is 3.43. The molecule has 2 rings (SSSR count). The van der Waals surface area contributed by atoms with Crippen LogP contribution in [0.2, 0.25) is 0 Å². The fraction of sp³-hybridized carbons (Fsp3) is 0.417. The van der Waals surface area contributed by atoms with Crippen LogP contribution in [0.5, 0.6) is 0 Å². The first kappa shape index (κ1) is 13.7. The van der Waals surface area contributed by atoms with Gasteiger partial charge in [-0.05, 0) is 26.8 Å². The number of aryl methyl sites for hydroxylation is 1. The van der Waals surface area contributed by atoms with Crippen molar-refractivity contribution < 1.29 is 13.6 Å². The van der Waals surface area contributed by atoms with E-state index in [1.165, 1.54) is 11.8 Å². The third kappa shape index (κ3) is 3.17. The number of hydrogen-bond donors (Lipinski definition) is 1. The van der Waals surface area contributed by atoms with Crippen LogP contribution >= 0.6 is 11.8 Å². The van der Waals surface area contributed by atoms with Crippen LogP contribution in [0.4, 0.5) is 0 Å². The fourth-order valence-corrected chi connectivity index (χ4v) is 2.20. The maximum Gasteiger partial charge on any atom is 0.277 e. The van der Waals surface area contributed by atoms with Crippen LogP contribution in [-0.4, -0.2) is 27.9 Å². The van der Waals surface area contributed by atoms with E-state index in [-0.39, 0.29) is 11.2 Å². The van der Waals surface area contributed by atoms with Gasteiger partial charge in [0.2, 0.25) is 5.91 Å². The number of nitrogens with zero attached hydrogens (tertiary/aromatic N) is 2. The molecule has 0 unspecified atom stereocenters. The lowest BCUT2D eigenvalue weighted by Gasteiger charge is -2.07. The highest BCUT2D eigenvalue weighted by Crippen LogP contribution is 2.28. The number of carbonyl (C=O) groups is 1. The second-order valence-corrected chi connectivity index (χ2v) is 5.21. The van der Waals surface area contributed by atoms with Crippen molar-refractivity contribution in [3.63, 3.8) is 0 Å². The number of nitrogens with one attached hydrogen (secondary N) is 1. The second kappa shape index (κ2) is 5.92. The SMILES string of the molecule is CCNC(=O)[C@@H](C)Sc1nnc(-c2ccoc2C)o1. The van der Waals surface area contributed by atoms with Gasteiger partial charge in [0.15, 0.2) is 0 Å². The Morgan fingerprint density at radius 1 is 1.53 bits per heavy atom. The van der Waals surface area contributed by atoms with Crippen molar-refractivity contribution >= 4 is 17.7 Å². The van der Waals surface area contributed by atoms with Gasteiger partial charge in [0.05, 0.1) is 17.1 Å². The van der Waals surface area contributed by atoms with E-state index in [9.17, 15) is 4.79 Å². The summed E-state index contributed by atoms with van der Waals surface area (Å²) >= 11 is 1.23. The molecule has 19 heavy (non-hydrogen) atoms. The van der Waals surface area contributed by atoms with Gasteiger partial charge in [0.1, 0.15) is 5.76 Å². The highest BCUT2D eigenvalue weighted by atomic mass is 32.2. The summed E-state index contributed by atoms with van der Waals surface area (Å²) < 4.78 is 10.7. The molecule has 2 aromatic heterocycles. The van der Waals surface area contributed by atoms with E-state index in [1.807, 2.05) is 13.8 Å². The molecule has 0 spiro atoms. The lowest BCUT2D eigenvalue weighted by atomic mass is 10.3. The summed E-state index contributed by atoms with van der Waals surface area (Å²) in [7, 11) is 0. The van der Waals surface area contributed by atoms with Crippen molar-refractivity contribution in [2.45, 2.75) is 31.2 Å². The quantitative estimate of drug-likeness (QED) is 0.847. The van der Waals surface area contributed by atoms with Gasteiger partial charge in [-0.3, -0.25) is 4.79 Å². The van der Waals surface area contributed by atoms with E-state index < -0.39 is 0 Å². The molecule has 6 nitrogen and oxygen atoms in total. The number of furan rings is 1. The molecular weight excluding hydrogens is 266 g/mol. The summed E-state index contributed by atoms with van der Waals surface area (Å²) in [6.07, 6.45) is 1.57. The van der Waals surface area contributed by atoms with Gasteiger partial charge in [-0.25, -0.2) is 0 Å². The lowest BCUT2D eigenvalue weighted by molar-refractivity contribution is -0.120. The number of carbonyl (C=O) groups excluding carboxylic acids is 1. The molecule has 1 atom stereocenters. The van der Waals surface area contributed by atoms with Gasteiger partial charge in [-0.15, -0.1) is 10.2 Å². The highest BCUT2D eigenvalue weighted by molar-refractivity contribution is 8.00. The standard InChI is InChI=1S/C12H15N3O3S/c1-4-13-10(16)8(3)19-12-15-14-11(18-12)9-5-6-17-7(9)2/h5-6,8H,4H2,1-3H3,(H,13,16)/t8-/m1/s1. The molecule has 0 bridgehead atoms. The molecule has 0 fully saturated rings. The molecule has 0 saturated heterocycles. The molecule has 0 aliphatic carbocycles. The average molecular weight is 281 g/mol. The normalized spacial score (nSPS) is 12.4. The van der Waals surface area contributed by atoms with Crippen LogP contribution < -0.4 is 5.32 Å². The molecule has 0 saturated carbocycles. The minimum absolute atomic E-state index is 0.0493. The molecule has 2 heterocycles. The van der Waals surface area contributed by atoms with Crippen LogP contribution in [0.15, 0.2) is 26.4 Å². The molecule has 0 radical (unpaired) electrons. The molecule has 1 N–H and O–H groups in total. The predicted octanol–water partition coefficient (Wildman–Crippen LogP) is 2.25. The summed E-state index contributed by atoms with van der Waals surface area (Å²) in [5, 5.41) is 10.7. The first-order chi connectivity index (χ1) is 9.11. The fourth-order valence-electron chi connectivity index (χ4n) is 1.50. The monoisotopic (exact) mass is 281 g/mol. The Morgan fingerprint density at radius 2 is 2.32 bits per heavy atom. The maximum absolute atomic E-state index is 11.6. The molecule has 2 aromatic rings. The van der Waals surface area contributed by atoms with Crippen LogP contribution in [0, 0.1) is 6.92 Å². The van der Waals surface area contributed by atoms with E-state index >= 15 is 0 Å². The third-order valence-electron chi connectivity index (χ3n) is 2.49. The predicted molar refractivity (Wildman–Crippen MR) is 70.7 cm³/mol. The van der Waals surface area contributed by atoms with Crippen molar-refractivity contribution in [2.24, 2.45) is 0 Å². The van der Waals surface area contributed by atoms with Gasteiger partial charge in [-0.1, -0.05) is 11.8 Å². The summed E-state index contributed by atoms with van der Waals surface area (Å²) in [6.45, 7) is 6.10. The molecule has 7 heteroatoms. The molecule has 102 valence electrons. The summed E-state index contributed by atoms with van der Waals surface area (Å²) in [6, 6.07) is 1.77. The topological polar surface area (TPSA) is 81.2 Å². The van der Waals surface area contributed by atoms with Crippen LogP contribution in [-0.2, 0) is 4.79 Å². The summed E-state index contributed by atoms with van der Waals surface area (Å²) in [5.74, 6) is 1.07. The minimum atomic E-state index is -0.279. The molecule has 1 amide bonds. The Morgan fingerprint density at radius 3 is 2.95 bits per heavy atom. The van der Waals surface area contributed by atoms with Crippen LogP contribution in [0.3, 0.4) is 0 Å². The van der Waals surface area contributed by atoms with Gasteiger partial charge in [0.25, 0.3) is 11.1 Å². The lowest BCUT2D eigenvalue weighted by Crippen LogP contribution is -2.30. The van der Waals surface area contributed by atoms with Gasteiger partial charge in [0, 0.05) is 6.54 Å². The summed E-state index contributed by atoms with van der Waals surface area (Å²) in [5.41, 5.74) is 0.769. The molecular formula is C12H15N3O3S. The zero-order valence-electron chi connectivity index (χ0n) is 11.0. The number of amides is 1. The van der Waals surface area contributed by atoms with Gasteiger partial charge >= 0.3 is 0 Å². The highest BCUT2D eigenvalue weighted by Gasteiger charge is 2.19. The Kier molecular flexibility index (Phi) is 4.26. The number of aromatic nitrogens is 2. The van der Waals surface area contributed by atoms with E-state index in [2.05, 4.69) is 15.5 Å². The molecule has 0 aromatic carbocycles. The van der Waals surface area contributed by atoms with E-state index in [0.29, 0.717) is 17.7 Å². The maximum atomic E-state index is 11.6. The summed E-state index contributed by atoms with van der Waals surface area (Å²) in [4.78, 5) is 11.6. The van der Waals surface area contributed by atoms with Crippen LogP contribution in [0.1, 0.15) is 19.6 Å². The minimum Gasteiger partial charge on any atom is -0.469 e. The van der Waals surface area contributed by atoms with Gasteiger partial charge in [-0.2, -0.15) is 0 Å². The van der Waals surface area contributed by atoms with Crippen molar-refractivity contribution in [1.29, 1.82) is 0 Å². The number of rotatable bonds is 5. The Bertz CT molecular complexity index is 564.